The Labute approximate surface area is 118 Å². The normalized spacial score (nSPS) is 11.2. The fraction of sp³-hybridized carbons (Fsp3) is 0.235. The quantitative estimate of drug-likeness (QED) is 0.860. The lowest BCUT2D eigenvalue weighted by molar-refractivity contribution is -0.255. The number of hydrogen-bond acceptors (Lipinski definition) is 3. The number of carboxylic acids is 1. The van der Waals surface area contributed by atoms with Crippen molar-refractivity contribution in [2.75, 3.05) is 0 Å². The highest BCUT2D eigenvalue weighted by molar-refractivity contribution is 5.89. The maximum atomic E-state index is 11.1. The second kappa shape index (κ2) is 5.37. The molecule has 0 saturated carbocycles. The number of ether oxygens (including phenoxy) is 1. The van der Waals surface area contributed by atoms with Gasteiger partial charge in [-0.25, -0.2) is 0 Å². The van der Waals surface area contributed by atoms with E-state index in [2.05, 4.69) is 20.8 Å². The highest BCUT2D eigenvalue weighted by Gasteiger charge is 2.19. The molecule has 2 aromatic rings. The summed E-state index contributed by atoms with van der Waals surface area (Å²) >= 11 is 0. The van der Waals surface area contributed by atoms with Crippen LogP contribution in [0.15, 0.2) is 48.5 Å². The van der Waals surface area contributed by atoms with Crippen LogP contribution in [0.3, 0.4) is 0 Å². The van der Waals surface area contributed by atoms with Crippen LogP contribution in [-0.2, 0) is 5.41 Å². The molecule has 0 spiro atoms. The van der Waals surface area contributed by atoms with E-state index in [0.717, 1.165) is 5.56 Å². The topological polar surface area (TPSA) is 49.4 Å². The second-order valence-corrected chi connectivity index (χ2v) is 5.63. The van der Waals surface area contributed by atoms with Gasteiger partial charge in [0.15, 0.2) is 0 Å². The first kappa shape index (κ1) is 14.1. The van der Waals surface area contributed by atoms with Gasteiger partial charge in [0, 0.05) is 11.1 Å². The number of rotatable bonds is 3. The van der Waals surface area contributed by atoms with Gasteiger partial charge in [-0.3, -0.25) is 0 Å². The number of hydrogen-bond donors (Lipinski definition) is 0. The summed E-state index contributed by atoms with van der Waals surface area (Å²) in [5.41, 5.74) is 0.983. The summed E-state index contributed by atoms with van der Waals surface area (Å²) < 4.78 is 5.81. The molecule has 0 amide bonds. The minimum absolute atomic E-state index is 0.0520. The van der Waals surface area contributed by atoms with Crippen LogP contribution < -0.4 is 9.84 Å². The predicted molar refractivity (Wildman–Crippen MR) is 76.0 cm³/mol. The Morgan fingerprint density at radius 3 is 2.10 bits per heavy atom. The molecule has 3 heteroatoms. The van der Waals surface area contributed by atoms with E-state index in [1.165, 1.54) is 6.07 Å². The molecular weight excluding hydrogens is 252 g/mol. The van der Waals surface area contributed by atoms with Crippen molar-refractivity contribution in [1.82, 2.24) is 0 Å². The number of para-hydroxylation sites is 2. The summed E-state index contributed by atoms with van der Waals surface area (Å²) in [6.07, 6.45) is 0. The zero-order valence-electron chi connectivity index (χ0n) is 11.8. The fourth-order valence-corrected chi connectivity index (χ4v) is 2.02. The summed E-state index contributed by atoms with van der Waals surface area (Å²) in [4.78, 5) is 11.1. The largest absolute Gasteiger partial charge is 0.545 e. The molecule has 2 rings (SSSR count). The number of carbonyl (C=O) groups is 1. The minimum atomic E-state index is -1.24. The van der Waals surface area contributed by atoms with Crippen LogP contribution in [0.4, 0.5) is 0 Å². The third-order valence-corrected chi connectivity index (χ3v) is 3.02. The summed E-state index contributed by atoms with van der Waals surface area (Å²) in [5, 5.41) is 11.1. The van der Waals surface area contributed by atoms with Crippen molar-refractivity contribution >= 4 is 5.97 Å². The molecule has 0 bridgehead atoms. The van der Waals surface area contributed by atoms with Crippen LogP contribution >= 0.6 is 0 Å². The van der Waals surface area contributed by atoms with Crippen molar-refractivity contribution in [1.29, 1.82) is 0 Å². The van der Waals surface area contributed by atoms with Gasteiger partial charge in [-0.15, -0.1) is 0 Å². The summed E-state index contributed by atoms with van der Waals surface area (Å²) in [7, 11) is 0. The molecule has 0 aliphatic rings. The molecule has 0 unspecified atom stereocenters. The van der Waals surface area contributed by atoms with Gasteiger partial charge in [-0.2, -0.15) is 0 Å². The SMILES string of the molecule is CC(C)(C)c1ccccc1Oc1ccccc1C(=O)[O-]. The molecule has 2 aromatic carbocycles. The highest BCUT2D eigenvalue weighted by atomic mass is 16.5. The molecule has 0 N–H and O–H groups in total. The first-order chi connectivity index (χ1) is 9.39. The number of carbonyl (C=O) groups excluding carboxylic acids is 1. The summed E-state index contributed by atoms with van der Waals surface area (Å²) in [5.74, 6) is -0.285. The maximum Gasteiger partial charge on any atom is 0.136 e. The molecule has 0 aliphatic carbocycles. The number of carboxylic acid groups (broad SMARTS) is 1. The Hall–Kier alpha value is -2.29. The van der Waals surface area contributed by atoms with Gasteiger partial charge in [-0.1, -0.05) is 51.1 Å². The van der Waals surface area contributed by atoms with Crippen molar-refractivity contribution in [2.45, 2.75) is 26.2 Å². The van der Waals surface area contributed by atoms with Gasteiger partial charge in [-0.05, 0) is 23.6 Å². The number of benzene rings is 2. The van der Waals surface area contributed by atoms with Crippen molar-refractivity contribution in [3.05, 3.63) is 59.7 Å². The Kier molecular flexibility index (Phi) is 3.79. The van der Waals surface area contributed by atoms with Crippen molar-refractivity contribution in [3.63, 3.8) is 0 Å². The predicted octanol–water partition coefficient (Wildman–Crippen LogP) is 3.14. The van der Waals surface area contributed by atoms with E-state index in [1.54, 1.807) is 18.2 Å². The van der Waals surface area contributed by atoms with Crippen LogP contribution in [0.5, 0.6) is 11.5 Å². The van der Waals surface area contributed by atoms with E-state index >= 15 is 0 Å². The molecule has 3 nitrogen and oxygen atoms in total. The average Bonchev–Trinajstić information content (AvgIpc) is 2.38. The van der Waals surface area contributed by atoms with E-state index in [1.807, 2.05) is 24.3 Å². The fourth-order valence-electron chi connectivity index (χ4n) is 2.02. The Balaban J connectivity index is 2.44. The average molecular weight is 269 g/mol. The summed E-state index contributed by atoms with van der Waals surface area (Å²) in [6.45, 7) is 6.25. The lowest BCUT2D eigenvalue weighted by atomic mass is 9.86. The lowest BCUT2D eigenvalue weighted by Crippen LogP contribution is -2.22. The molecule has 0 aliphatic heterocycles. The molecule has 104 valence electrons. The van der Waals surface area contributed by atoms with Gasteiger partial charge in [0.05, 0.1) is 5.97 Å². The Bertz CT molecular complexity index is 624. The lowest BCUT2D eigenvalue weighted by Gasteiger charge is -2.23. The smallest absolute Gasteiger partial charge is 0.136 e. The van der Waals surface area contributed by atoms with Crippen LogP contribution in [0, 0.1) is 0 Å². The molecule has 0 atom stereocenters. The van der Waals surface area contributed by atoms with Gasteiger partial charge in [0.25, 0.3) is 0 Å². The van der Waals surface area contributed by atoms with Crippen molar-refractivity contribution in [2.24, 2.45) is 0 Å². The van der Waals surface area contributed by atoms with Gasteiger partial charge < -0.3 is 14.6 Å². The van der Waals surface area contributed by atoms with Crippen LogP contribution in [-0.4, -0.2) is 5.97 Å². The zero-order chi connectivity index (χ0) is 14.8. The van der Waals surface area contributed by atoms with E-state index < -0.39 is 5.97 Å². The molecule has 0 radical (unpaired) electrons. The van der Waals surface area contributed by atoms with Crippen LogP contribution in [0.2, 0.25) is 0 Å². The van der Waals surface area contributed by atoms with Crippen molar-refractivity contribution in [3.8, 4) is 11.5 Å². The third-order valence-electron chi connectivity index (χ3n) is 3.02. The zero-order valence-corrected chi connectivity index (χ0v) is 11.8. The molecule has 0 heterocycles. The first-order valence-electron chi connectivity index (χ1n) is 6.47. The van der Waals surface area contributed by atoms with Gasteiger partial charge in [0.2, 0.25) is 0 Å². The highest BCUT2D eigenvalue weighted by Crippen LogP contribution is 2.34. The molecular formula is C17H17O3-. The van der Waals surface area contributed by atoms with E-state index in [-0.39, 0.29) is 11.0 Å². The minimum Gasteiger partial charge on any atom is -0.545 e. The molecule has 0 saturated heterocycles. The van der Waals surface area contributed by atoms with Gasteiger partial charge >= 0.3 is 0 Å². The first-order valence-corrected chi connectivity index (χ1v) is 6.47. The Morgan fingerprint density at radius 1 is 0.950 bits per heavy atom. The Morgan fingerprint density at radius 2 is 1.50 bits per heavy atom. The monoisotopic (exact) mass is 269 g/mol. The maximum absolute atomic E-state index is 11.1. The van der Waals surface area contributed by atoms with Crippen LogP contribution in [0.1, 0.15) is 36.7 Å². The standard InChI is InChI=1S/C17H18O3/c1-17(2,3)13-9-5-7-11-15(13)20-14-10-6-4-8-12(14)16(18)19/h4-11H,1-3H3,(H,18,19)/p-1. The van der Waals surface area contributed by atoms with E-state index in [9.17, 15) is 9.90 Å². The van der Waals surface area contributed by atoms with E-state index in [4.69, 9.17) is 4.74 Å². The molecule has 20 heavy (non-hydrogen) atoms. The number of aromatic carboxylic acids is 1. The third kappa shape index (κ3) is 2.99. The van der Waals surface area contributed by atoms with Crippen LogP contribution in [0.25, 0.3) is 0 Å². The summed E-state index contributed by atoms with van der Waals surface area (Å²) in [6, 6.07) is 14.1. The second-order valence-electron chi connectivity index (χ2n) is 5.63. The molecule has 0 fully saturated rings. The van der Waals surface area contributed by atoms with Crippen molar-refractivity contribution < 1.29 is 14.6 Å². The van der Waals surface area contributed by atoms with Gasteiger partial charge in [0.1, 0.15) is 11.5 Å². The van der Waals surface area contributed by atoms with E-state index in [0.29, 0.717) is 11.5 Å². The molecule has 0 aromatic heterocycles.